The number of fused-ring (bicyclic) bond motifs is 3. The maximum Gasteiger partial charge on any atom is 0.0543 e. The van der Waals surface area contributed by atoms with Crippen LogP contribution in [0.1, 0.15) is 31.9 Å². The second-order valence-electron chi connectivity index (χ2n) is 7.64. The van der Waals surface area contributed by atoms with Gasteiger partial charge in [0, 0.05) is 16.5 Å². The Bertz CT molecular complexity index is 1040. The van der Waals surface area contributed by atoms with Gasteiger partial charge in [-0.3, -0.25) is 0 Å². The molecule has 0 unspecified atom stereocenters. The van der Waals surface area contributed by atoms with E-state index in [1.165, 1.54) is 38.6 Å². The number of hydrogen-bond donors (Lipinski definition) is 0. The second-order valence-corrected chi connectivity index (χ2v) is 7.64. The van der Waals surface area contributed by atoms with E-state index < -0.39 is 0 Å². The van der Waals surface area contributed by atoms with Crippen LogP contribution in [0.15, 0.2) is 66.7 Å². The van der Waals surface area contributed by atoms with Crippen molar-refractivity contribution in [2.45, 2.75) is 33.1 Å². The molecule has 1 heterocycles. The lowest BCUT2D eigenvalue weighted by molar-refractivity contribution is 0.587. The van der Waals surface area contributed by atoms with Gasteiger partial charge in [0.1, 0.15) is 0 Å². The molecule has 0 bridgehead atoms. The summed E-state index contributed by atoms with van der Waals surface area (Å²) in [4.78, 5) is 0. The first kappa shape index (κ1) is 15.0. The van der Waals surface area contributed by atoms with Crippen LogP contribution in [0.3, 0.4) is 0 Å². The Morgan fingerprint density at radius 3 is 2.17 bits per heavy atom. The third-order valence-electron chi connectivity index (χ3n) is 4.78. The predicted octanol–water partition coefficient (Wildman–Crippen LogP) is 6.39. The first-order valence-electron chi connectivity index (χ1n) is 8.56. The van der Waals surface area contributed by atoms with Gasteiger partial charge in [-0.05, 0) is 41.7 Å². The van der Waals surface area contributed by atoms with Gasteiger partial charge < -0.3 is 4.57 Å². The topological polar surface area (TPSA) is 4.93 Å². The SMILES string of the molecule is Cc1ccc2c3ccccc3n(-c3ccccc3C(C)(C)C)c2c1. The molecule has 1 aromatic heterocycles. The standard InChI is InChI=1S/C23H23N/c1-16-13-14-18-17-9-5-7-11-20(17)24(22(18)15-16)21-12-8-6-10-19(21)23(2,3)4/h5-15H,1-4H3. The fraction of sp³-hybridized carbons (Fsp3) is 0.217. The molecule has 0 saturated carbocycles. The molecule has 4 aromatic rings. The van der Waals surface area contributed by atoms with Gasteiger partial charge in [0.15, 0.2) is 0 Å². The van der Waals surface area contributed by atoms with Crippen LogP contribution in [-0.2, 0) is 5.41 Å². The Kier molecular flexibility index (Phi) is 3.28. The number of aryl methyl sites for hydroxylation is 1. The molecule has 3 aromatic carbocycles. The van der Waals surface area contributed by atoms with Crippen molar-refractivity contribution in [2.24, 2.45) is 0 Å². The van der Waals surface area contributed by atoms with Crippen molar-refractivity contribution in [1.29, 1.82) is 0 Å². The molecule has 0 atom stereocenters. The van der Waals surface area contributed by atoms with E-state index in [0.29, 0.717) is 0 Å². The van der Waals surface area contributed by atoms with Gasteiger partial charge >= 0.3 is 0 Å². The smallest absolute Gasteiger partial charge is 0.0543 e. The van der Waals surface area contributed by atoms with Gasteiger partial charge in [0.2, 0.25) is 0 Å². The Labute approximate surface area is 143 Å². The highest BCUT2D eigenvalue weighted by atomic mass is 15.0. The molecule has 0 aliphatic rings. The van der Waals surface area contributed by atoms with E-state index in [0.717, 1.165) is 0 Å². The zero-order chi connectivity index (χ0) is 16.9. The van der Waals surface area contributed by atoms with Crippen molar-refractivity contribution in [3.8, 4) is 5.69 Å². The molecule has 0 spiro atoms. The molecule has 0 amide bonds. The molecule has 0 aliphatic heterocycles. The molecular weight excluding hydrogens is 290 g/mol. The summed E-state index contributed by atoms with van der Waals surface area (Å²) in [7, 11) is 0. The van der Waals surface area contributed by atoms with Crippen molar-refractivity contribution in [3.63, 3.8) is 0 Å². The zero-order valence-electron chi connectivity index (χ0n) is 14.8. The Balaban J connectivity index is 2.20. The Morgan fingerprint density at radius 1 is 0.708 bits per heavy atom. The fourth-order valence-corrected chi connectivity index (χ4v) is 3.64. The largest absolute Gasteiger partial charge is 0.309 e. The minimum atomic E-state index is 0.0954. The van der Waals surface area contributed by atoms with Crippen LogP contribution in [0.5, 0.6) is 0 Å². The highest BCUT2D eigenvalue weighted by Crippen LogP contribution is 2.36. The Morgan fingerprint density at radius 2 is 1.38 bits per heavy atom. The van der Waals surface area contributed by atoms with Crippen LogP contribution >= 0.6 is 0 Å². The number of rotatable bonds is 1. The van der Waals surface area contributed by atoms with E-state index >= 15 is 0 Å². The Hall–Kier alpha value is -2.54. The van der Waals surface area contributed by atoms with Crippen LogP contribution in [0.4, 0.5) is 0 Å². The second kappa shape index (κ2) is 5.24. The van der Waals surface area contributed by atoms with Crippen molar-refractivity contribution >= 4 is 21.8 Å². The quantitative estimate of drug-likeness (QED) is 0.384. The van der Waals surface area contributed by atoms with Gasteiger partial charge in [0.05, 0.1) is 11.0 Å². The molecule has 0 radical (unpaired) electrons. The summed E-state index contributed by atoms with van der Waals surface area (Å²) >= 11 is 0. The maximum atomic E-state index is 2.43. The van der Waals surface area contributed by atoms with Gasteiger partial charge in [-0.2, -0.15) is 0 Å². The molecule has 0 fully saturated rings. The van der Waals surface area contributed by atoms with E-state index in [4.69, 9.17) is 0 Å². The lowest BCUT2D eigenvalue weighted by Crippen LogP contribution is -2.15. The average molecular weight is 313 g/mol. The lowest BCUT2D eigenvalue weighted by atomic mass is 9.85. The number of nitrogens with zero attached hydrogens (tertiary/aromatic N) is 1. The van der Waals surface area contributed by atoms with Gasteiger partial charge in [-0.1, -0.05) is 69.3 Å². The summed E-state index contributed by atoms with van der Waals surface area (Å²) in [5.74, 6) is 0. The molecule has 0 saturated heterocycles. The summed E-state index contributed by atoms with van der Waals surface area (Å²) in [6, 6.07) is 24.2. The molecular formula is C23H23N. The van der Waals surface area contributed by atoms with Crippen molar-refractivity contribution in [1.82, 2.24) is 4.57 Å². The molecule has 0 N–H and O–H groups in total. The van der Waals surface area contributed by atoms with Gasteiger partial charge in [-0.25, -0.2) is 0 Å². The number of aromatic nitrogens is 1. The zero-order valence-corrected chi connectivity index (χ0v) is 14.8. The predicted molar refractivity (Wildman–Crippen MR) is 104 cm³/mol. The summed E-state index contributed by atoms with van der Waals surface area (Å²) < 4.78 is 2.43. The van der Waals surface area contributed by atoms with Crippen molar-refractivity contribution < 1.29 is 0 Å². The molecule has 4 rings (SSSR count). The molecule has 0 aliphatic carbocycles. The molecule has 1 nitrogen and oxygen atoms in total. The minimum absolute atomic E-state index is 0.0954. The average Bonchev–Trinajstić information content (AvgIpc) is 2.87. The summed E-state index contributed by atoms with van der Waals surface area (Å²) in [6.07, 6.45) is 0. The van der Waals surface area contributed by atoms with Gasteiger partial charge in [0.25, 0.3) is 0 Å². The molecule has 24 heavy (non-hydrogen) atoms. The van der Waals surface area contributed by atoms with Crippen LogP contribution in [-0.4, -0.2) is 4.57 Å². The van der Waals surface area contributed by atoms with E-state index in [1.54, 1.807) is 0 Å². The monoisotopic (exact) mass is 313 g/mol. The highest BCUT2D eigenvalue weighted by molar-refractivity contribution is 6.09. The van der Waals surface area contributed by atoms with Crippen molar-refractivity contribution in [3.05, 3.63) is 77.9 Å². The van der Waals surface area contributed by atoms with Crippen LogP contribution in [0, 0.1) is 6.92 Å². The molecule has 1 heteroatoms. The van der Waals surface area contributed by atoms with Crippen molar-refractivity contribution in [2.75, 3.05) is 0 Å². The van der Waals surface area contributed by atoms with E-state index in [9.17, 15) is 0 Å². The third-order valence-corrected chi connectivity index (χ3v) is 4.78. The summed E-state index contributed by atoms with van der Waals surface area (Å²) in [5, 5.41) is 2.64. The maximum absolute atomic E-state index is 2.43. The van der Waals surface area contributed by atoms with Crippen LogP contribution < -0.4 is 0 Å². The number of hydrogen-bond acceptors (Lipinski definition) is 0. The van der Waals surface area contributed by atoms with Gasteiger partial charge in [-0.15, -0.1) is 0 Å². The third kappa shape index (κ3) is 2.24. The number of benzene rings is 3. The first-order chi connectivity index (χ1) is 11.5. The summed E-state index contributed by atoms with van der Waals surface area (Å²) in [5.41, 5.74) is 6.59. The highest BCUT2D eigenvalue weighted by Gasteiger charge is 2.21. The fourth-order valence-electron chi connectivity index (χ4n) is 3.64. The van der Waals surface area contributed by atoms with E-state index in [2.05, 4.69) is 99.0 Å². The minimum Gasteiger partial charge on any atom is -0.309 e. The molecule has 120 valence electrons. The van der Waals surface area contributed by atoms with E-state index in [-0.39, 0.29) is 5.41 Å². The van der Waals surface area contributed by atoms with E-state index in [1.807, 2.05) is 0 Å². The summed E-state index contributed by atoms with van der Waals surface area (Å²) in [6.45, 7) is 9.01. The first-order valence-corrected chi connectivity index (χ1v) is 8.56. The normalized spacial score (nSPS) is 12.2. The van der Waals surface area contributed by atoms with Crippen LogP contribution in [0.25, 0.3) is 27.5 Å². The lowest BCUT2D eigenvalue weighted by Gasteiger charge is -2.24. The van der Waals surface area contributed by atoms with Crippen LogP contribution in [0.2, 0.25) is 0 Å². The number of para-hydroxylation sites is 2.